The lowest BCUT2D eigenvalue weighted by atomic mass is 9.84. The highest BCUT2D eigenvalue weighted by Crippen LogP contribution is 2.28. The second-order valence-corrected chi connectivity index (χ2v) is 7.31. The van der Waals surface area contributed by atoms with Gasteiger partial charge in [-0.05, 0) is 40.8 Å². The van der Waals surface area contributed by atoms with E-state index < -0.39 is 5.91 Å². The van der Waals surface area contributed by atoms with Crippen molar-refractivity contribution in [2.45, 2.75) is 32.8 Å². The summed E-state index contributed by atoms with van der Waals surface area (Å²) < 4.78 is 0. The molecule has 1 heterocycles. The first kappa shape index (κ1) is 17.9. The second-order valence-electron chi connectivity index (χ2n) is 7.31. The SMILES string of the molecule is CC(C)(C)c1ccc(NC(=O)c2c[nH]c3ccccc3c2=O)cc1CO. The van der Waals surface area contributed by atoms with Crippen LogP contribution in [-0.4, -0.2) is 16.0 Å². The van der Waals surface area contributed by atoms with Gasteiger partial charge in [0.25, 0.3) is 5.91 Å². The predicted molar refractivity (Wildman–Crippen MR) is 104 cm³/mol. The molecule has 0 radical (unpaired) electrons. The fourth-order valence-electron chi connectivity index (χ4n) is 3.07. The number of carbonyl (C=O) groups is 1. The molecule has 0 unspecified atom stereocenters. The molecule has 1 aromatic heterocycles. The number of nitrogens with one attached hydrogen (secondary N) is 2. The molecule has 1 amide bonds. The van der Waals surface area contributed by atoms with Crippen LogP contribution in [0.3, 0.4) is 0 Å². The van der Waals surface area contributed by atoms with E-state index in [-0.39, 0.29) is 23.0 Å². The fourth-order valence-corrected chi connectivity index (χ4v) is 3.07. The Morgan fingerprint density at radius 3 is 2.58 bits per heavy atom. The minimum Gasteiger partial charge on any atom is -0.392 e. The van der Waals surface area contributed by atoms with Crippen molar-refractivity contribution in [1.82, 2.24) is 4.98 Å². The molecule has 0 aliphatic heterocycles. The zero-order valence-corrected chi connectivity index (χ0v) is 15.1. The number of aliphatic hydroxyl groups is 1. The van der Waals surface area contributed by atoms with Crippen LogP contribution in [-0.2, 0) is 12.0 Å². The van der Waals surface area contributed by atoms with Crippen LogP contribution in [0.25, 0.3) is 10.9 Å². The number of aromatic nitrogens is 1. The van der Waals surface area contributed by atoms with Crippen LogP contribution in [0.4, 0.5) is 5.69 Å². The quantitative estimate of drug-likeness (QED) is 0.675. The Labute approximate surface area is 151 Å². The molecule has 0 fully saturated rings. The summed E-state index contributed by atoms with van der Waals surface area (Å²) in [6, 6.07) is 12.5. The number of hydrogen-bond acceptors (Lipinski definition) is 3. The van der Waals surface area contributed by atoms with Crippen molar-refractivity contribution in [3.8, 4) is 0 Å². The Kier molecular flexibility index (Phi) is 4.66. The number of amides is 1. The second kappa shape index (κ2) is 6.77. The highest BCUT2D eigenvalue weighted by atomic mass is 16.3. The maximum atomic E-state index is 12.6. The van der Waals surface area contributed by atoms with Crippen molar-refractivity contribution < 1.29 is 9.90 Å². The number of hydrogen-bond donors (Lipinski definition) is 3. The molecule has 3 rings (SSSR count). The fraction of sp³-hybridized carbons (Fsp3) is 0.238. The van der Waals surface area contributed by atoms with Gasteiger partial charge in [-0.15, -0.1) is 0 Å². The summed E-state index contributed by atoms with van der Waals surface area (Å²) in [5.74, 6) is -0.482. The average Bonchev–Trinajstić information content (AvgIpc) is 2.61. The van der Waals surface area contributed by atoms with Gasteiger partial charge in [0, 0.05) is 22.8 Å². The third-order valence-electron chi connectivity index (χ3n) is 4.37. The monoisotopic (exact) mass is 350 g/mol. The summed E-state index contributed by atoms with van der Waals surface area (Å²) in [7, 11) is 0. The third kappa shape index (κ3) is 3.39. The Bertz CT molecular complexity index is 1030. The molecule has 5 heteroatoms. The van der Waals surface area contributed by atoms with E-state index in [4.69, 9.17) is 0 Å². The number of carbonyl (C=O) groups excluding carboxylic acids is 1. The van der Waals surface area contributed by atoms with Crippen LogP contribution in [0.15, 0.2) is 53.5 Å². The van der Waals surface area contributed by atoms with Crippen LogP contribution in [0.1, 0.15) is 42.3 Å². The number of aliphatic hydroxyl groups excluding tert-OH is 1. The maximum Gasteiger partial charge on any atom is 0.261 e. The van der Waals surface area contributed by atoms with E-state index >= 15 is 0 Å². The molecule has 26 heavy (non-hydrogen) atoms. The lowest BCUT2D eigenvalue weighted by Crippen LogP contribution is -2.22. The van der Waals surface area contributed by atoms with Crippen LogP contribution in [0, 0.1) is 0 Å². The molecule has 0 spiro atoms. The number of para-hydroxylation sites is 1. The number of pyridine rings is 1. The minimum atomic E-state index is -0.482. The van der Waals surface area contributed by atoms with Gasteiger partial charge in [0.15, 0.2) is 0 Å². The largest absolute Gasteiger partial charge is 0.392 e. The van der Waals surface area contributed by atoms with Crippen molar-refractivity contribution >= 4 is 22.5 Å². The first-order valence-corrected chi connectivity index (χ1v) is 8.47. The number of aromatic amines is 1. The minimum absolute atomic E-state index is 0.0501. The van der Waals surface area contributed by atoms with Gasteiger partial charge in [0.05, 0.1) is 6.61 Å². The zero-order chi connectivity index (χ0) is 18.9. The smallest absolute Gasteiger partial charge is 0.261 e. The van der Waals surface area contributed by atoms with Gasteiger partial charge in [0.2, 0.25) is 5.43 Å². The molecule has 0 bridgehead atoms. The highest BCUT2D eigenvalue weighted by Gasteiger charge is 2.19. The lowest BCUT2D eigenvalue weighted by molar-refractivity contribution is 0.102. The van der Waals surface area contributed by atoms with Gasteiger partial charge in [-0.3, -0.25) is 9.59 Å². The molecule has 0 saturated heterocycles. The topological polar surface area (TPSA) is 82.2 Å². The highest BCUT2D eigenvalue weighted by molar-refractivity contribution is 6.05. The van der Waals surface area contributed by atoms with E-state index in [2.05, 4.69) is 31.1 Å². The summed E-state index contributed by atoms with van der Waals surface area (Å²) >= 11 is 0. The summed E-state index contributed by atoms with van der Waals surface area (Å²) in [5, 5.41) is 12.9. The number of benzene rings is 2. The number of H-pyrrole nitrogens is 1. The predicted octanol–water partition coefficient (Wildman–Crippen LogP) is 3.57. The molecule has 0 aliphatic rings. The summed E-state index contributed by atoms with van der Waals surface area (Å²) in [5.41, 5.74) is 2.62. The molecule has 3 N–H and O–H groups in total. The molecule has 5 nitrogen and oxygen atoms in total. The van der Waals surface area contributed by atoms with Crippen LogP contribution >= 0.6 is 0 Å². The summed E-state index contributed by atoms with van der Waals surface area (Å²) in [4.78, 5) is 28.1. The van der Waals surface area contributed by atoms with Crippen molar-refractivity contribution in [3.63, 3.8) is 0 Å². The number of fused-ring (bicyclic) bond motifs is 1. The molecular weight excluding hydrogens is 328 g/mol. The van der Waals surface area contributed by atoms with E-state index in [1.165, 1.54) is 6.20 Å². The third-order valence-corrected chi connectivity index (χ3v) is 4.37. The normalized spacial score (nSPS) is 11.5. The first-order chi connectivity index (χ1) is 12.3. The molecule has 134 valence electrons. The average molecular weight is 350 g/mol. The van der Waals surface area contributed by atoms with E-state index in [1.807, 2.05) is 12.1 Å². The van der Waals surface area contributed by atoms with Gasteiger partial charge < -0.3 is 15.4 Å². The van der Waals surface area contributed by atoms with Crippen LogP contribution < -0.4 is 10.7 Å². The standard InChI is InChI=1S/C21H22N2O3/c1-21(2,3)17-9-8-14(10-13(17)12-24)23-20(26)16-11-22-18-7-5-4-6-15(18)19(16)25/h4-11,24H,12H2,1-3H3,(H,22,25)(H,23,26). The van der Waals surface area contributed by atoms with E-state index in [1.54, 1.807) is 30.3 Å². The molecule has 0 atom stereocenters. The van der Waals surface area contributed by atoms with Gasteiger partial charge in [-0.1, -0.05) is 39.0 Å². The Morgan fingerprint density at radius 1 is 1.15 bits per heavy atom. The summed E-state index contributed by atoms with van der Waals surface area (Å²) in [6.07, 6.45) is 1.43. The molecular formula is C21H22N2O3. The molecule has 0 saturated carbocycles. The molecule has 0 aliphatic carbocycles. The molecule has 2 aromatic carbocycles. The number of anilines is 1. The van der Waals surface area contributed by atoms with Gasteiger partial charge in [0.1, 0.15) is 5.56 Å². The van der Waals surface area contributed by atoms with E-state index in [9.17, 15) is 14.7 Å². The zero-order valence-electron chi connectivity index (χ0n) is 15.1. The van der Waals surface area contributed by atoms with Crippen molar-refractivity contribution in [1.29, 1.82) is 0 Å². The molecule has 3 aromatic rings. The number of rotatable bonds is 3. The maximum absolute atomic E-state index is 12.6. The first-order valence-electron chi connectivity index (χ1n) is 8.47. The van der Waals surface area contributed by atoms with Crippen LogP contribution in [0.2, 0.25) is 0 Å². The van der Waals surface area contributed by atoms with Gasteiger partial charge >= 0.3 is 0 Å². The summed E-state index contributed by atoms with van der Waals surface area (Å²) in [6.45, 7) is 6.07. The Hall–Kier alpha value is -2.92. The van der Waals surface area contributed by atoms with Crippen molar-refractivity contribution in [2.75, 3.05) is 5.32 Å². The van der Waals surface area contributed by atoms with Crippen LogP contribution in [0.5, 0.6) is 0 Å². The Balaban J connectivity index is 1.94. The van der Waals surface area contributed by atoms with Gasteiger partial charge in [-0.2, -0.15) is 0 Å². The van der Waals surface area contributed by atoms with Gasteiger partial charge in [-0.25, -0.2) is 0 Å². The van der Waals surface area contributed by atoms with E-state index in [0.717, 1.165) is 11.1 Å². The van der Waals surface area contributed by atoms with E-state index in [0.29, 0.717) is 16.6 Å². The van der Waals surface area contributed by atoms with Crippen molar-refractivity contribution in [3.05, 3.63) is 75.6 Å². The Morgan fingerprint density at radius 2 is 1.88 bits per heavy atom. The van der Waals surface area contributed by atoms with Crippen molar-refractivity contribution in [2.24, 2.45) is 0 Å². The lowest BCUT2D eigenvalue weighted by Gasteiger charge is -2.23.